The second-order valence-corrected chi connectivity index (χ2v) is 6.31. The highest BCUT2D eigenvalue weighted by atomic mass is 16.6. The molecule has 0 saturated carbocycles. The normalized spacial score (nSPS) is 16.3. The molecule has 1 heterocycles. The van der Waals surface area contributed by atoms with Gasteiger partial charge >= 0.3 is 0 Å². The van der Waals surface area contributed by atoms with Crippen LogP contribution in [-0.4, -0.2) is 20.9 Å². The van der Waals surface area contributed by atoms with Gasteiger partial charge in [-0.1, -0.05) is 5.22 Å². The molecule has 0 fully saturated rings. The van der Waals surface area contributed by atoms with Crippen LogP contribution < -0.4 is 0 Å². The summed E-state index contributed by atoms with van der Waals surface area (Å²) in [7, 11) is 0. The number of non-ortho nitro benzene ring substituents is 2. The van der Waals surface area contributed by atoms with E-state index in [-0.39, 0.29) is 23.5 Å². The Bertz CT molecular complexity index is 920. The predicted molar refractivity (Wildman–Crippen MR) is 98.7 cm³/mol. The molecule has 2 aromatic carbocycles. The van der Waals surface area contributed by atoms with Gasteiger partial charge in [0.05, 0.1) is 21.6 Å². The van der Waals surface area contributed by atoms with Crippen molar-refractivity contribution in [2.24, 2.45) is 10.3 Å². The van der Waals surface area contributed by atoms with Gasteiger partial charge in [0.1, 0.15) is 0 Å². The van der Waals surface area contributed by atoms with Crippen LogP contribution in [0.15, 0.2) is 64.9 Å². The smallest absolute Gasteiger partial charge is 0.265 e. The second kappa shape index (κ2) is 7.32. The maximum Gasteiger partial charge on any atom is 0.269 e. The molecule has 0 spiro atoms. The molecule has 138 valence electrons. The van der Waals surface area contributed by atoms with E-state index in [9.17, 15) is 20.2 Å². The van der Waals surface area contributed by atoms with Crippen LogP contribution in [-0.2, 0) is 0 Å². The molecule has 1 unspecified atom stereocenters. The van der Waals surface area contributed by atoms with Crippen LogP contribution in [0.1, 0.15) is 31.0 Å². The molecule has 3 rings (SSSR count). The quantitative estimate of drug-likeness (QED) is 0.562. The second-order valence-electron chi connectivity index (χ2n) is 6.31. The minimum Gasteiger partial charge on any atom is -0.265 e. The van der Waals surface area contributed by atoms with E-state index in [1.54, 1.807) is 29.3 Å². The Balaban J connectivity index is 1.96. The summed E-state index contributed by atoms with van der Waals surface area (Å²) < 4.78 is 0. The van der Waals surface area contributed by atoms with E-state index in [1.165, 1.54) is 24.3 Å². The van der Waals surface area contributed by atoms with E-state index < -0.39 is 9.85 Å². The lowest BCUT2D eigenvalue weighted by molar-refractivity contribution is -0.385. The van der Waals surface area contributed by atoms with Crippen molar-refractivity contribution in [2.75, 3.05) is 0 Å². The summed E-state index contributed by atoms with van der Waals surface area (Å²) in [6.45, 7) is 3.95. The molecule has 9 heteroatoms. The van der Waals surface area contributed by atoms with Crippen molar-refractivity contribution < 1.29 is 9.85 Å². The lowest BCUT2D eigenvalue weighted by atomic mass is 10.0. The van der Waals surface area contributed by atoms with Crippen molar-refractivity contribution in [2.45, 2.75) is 25.9 Å². The average molecular weight is 367 g/mol. The summed E-state index contributed by atoms with van der Waals surface area (Å²) in [5.41, 5.74) is 2.16. The molecular weight excluding hydrogens is 350 g/mol. The first-order chi connectivity index (χ1) is 12.9. The van der Waals surface area contributed by atoms with Crippen LogP contribution in [0, 0.1) is 20.2 Å². The third kappa shape index (κ3) is 3.81. The average Bonchev–Trinajstić information content (AvgIpc) is 2.67. The molecule has 1 atom stereocenters. The number of benzene rings is 2. The predicted octanol–water partition coefficient (Wildman–Crippen LogP) is 4.68. The van der Waals surface area contributed by atoms with Gasteiger partial charge in [0.25, 0.3) is 11.4 Å². The molecule has 0 aliphatic carbocycles. The zero-order valence-corrected chi connectivity index (χ0v) is 14.7. The van der Waals surface area contributed by atoms with Crippen LogP contribution in [0.2, 0.25) is 0 Å². The highest BCUT2D eigenvalue weighted by Crippen LogP contribution is 2.34. The third-order valence-corrected chi connectivity index (χ3v) is 4.20. The summed E-state index contributed by atoms with van der Waals surface area (Å²) >= 11 is 0. The van der Waals surface area contributed by atoms with Crippen LogP contribution in [0.4, 0.5) is 11.4 Å². The number of hydrogen-bond acceptors (Lipinski definition) is 7. The van der Waals surface area contributed by atoms with Gasteiger partial charge in [-0.25, -0.2) is 0 Å². The summed E-state index contributed by atoms with van der Waals surface area (Å²) in [6.07, 6.45) is 1.90. The first-order valence-corrected chi connectivity index (χ1v) is 8.28. The van der Waals surface area contributed by atoms with Gasteiger partial charge in [-0.2, -0.15) is 0 Å². The monoisotopic (exact) mass is 367 g/mol. The summed E-state index contributed by atoms with van der Waals surface area (Å²) in [5, 5.41) is 32.0. The van der Waals surface area contributed by atoms with Gasteiger partial charge < -0.3 is 0 Å². The fraction of sp³-hybridized carbons (Fsp3) is 0.222. The highest BCUT2D eigenvalue weighted by molar-refractivity contribution is 5.66. The van der Waals surface area contributed by atoms with Crippen LogP contribution in [0.25, 0.3) is 5.70 Å². The fourth-order valence-corrected chi connectivity index (χ4v) is 2.79. The van der Waals surface area contributed by atoms with Gasteiger partial charge in [0, 0.05) is 35.9 Å². The van der Waals surface area contributed by atoms with Crippen molar-refractivity contribution in [3.63, 3.8) is 0 Å². The third-order valence-electron chi connectivity index (χ3n) is 4.20. The molecule has 9 nitrogen and oxygen atoms in total. The molecule has 0 radical (unpaired) electrons. The lowest BCUT2D eigenvalue weighted by Gasteiger charge is -2.32. The maximum atomic E-state index is 10.9. The number of nitro groups is 2. The zero-order valence-electron chi connectivity index (χ0n) is 14.7. The highest BCUT2D eigenvalue weighted by Gasteiger charge is 2.25. The van der Waals surface area contributed by atoms with Crippen molar-refractivity contribution in [1.82, 2.24) is 5.01 Å². The topological polar surface area (TPSA) is 114 Å². The zero-order chi connectivity index (χ0) is 19.6. The molecule has 0 bridgehead atoms. The summed E-state index contributed by atoms with van der Waals surface area (Å²) in [4.78, 5) is 20.8. The Morgan fingerprint density at radius 3 is 1.93 bits per heavy atom. The van der Waals surface area contributed by atoms with Gasteiger partial charge in [-0.15, -0.1) is 5.11 Å². The standard InChI is InChI=1S/C18H17N5O4/c1-12(2)21-18(14-5-9-16(10-6-14)23(26)27)11-17(19-20-21)13-3-7-15(8-4-13)22(24)25/h3-12,18H,1-2H3. The van der Waals surface area contributed by atoms with E-state index in [0.29, 0.717) is 11.3 Å². The fourth-order valence-electron chi connectivity index (χ4n) is 2.79. The van der Waals surface area contributed by atoms with Crippen molar-refractivity contribution >= 4 is 17.1 Å². The van der Waals surface area contributed by atoms with Gasteiger partial charge in [-0.3, -0.25) is 25.2 Å². The molecular formula is C18H17N5O4. The number of nitrogens with zero attached hydrogens (tertiary/aromatic N) is 5. The first kappa shape index (κ1) is 18.2. The molecule has 0 amide bonds. The Labute approximate surface area is 154 Å². The summed E-state index contributed by atoms with van der Waals surface area (Å²) in [6, 6.07) is 12.2. The van der Waals surface area contributed by atoms with E-state index in [4.69, 9.17) is 0 Å². The minimum atomic E-state index is -0.458. The lowest BCUT2D eigenvalue weighted by Crippen LogP contribution is -2.30. The summed E-state index contributed by atoms with van der Waals surface area (Å²) in [5.74, 6) is 0. The number of hydrogen-bond donors (Lipinski definition) is 0. The largest absolute Gasteiger partial charge is 0.269 e. The van der Waals surface area contributed by atoms with Gasteiger partial charge in [-0.05, 0) is 49.8 Å². The molecule has 2 aromatic rings. The van der Waals surface area contributed by atoms with Crippen molar-refractivity contribution in [3.05, 3.63) is 86.0 Å². The molecule has 1 aliphatic heterocycles. The Morgan fingerprint density at radius 2 is 1.44 bits per heavy atom. The van der Waals surface area contributed by atoms with Gasteiger partial charge in [0.15, 0.2) is 0 Å². The molecule has 0 saturated heterocycles. The molecule has 0 aromatic heterocycles. The van der Waals surface area contributed by atoms with E-state index in [1.807, 2.05) is 19.9 Å². The van der Waals surface area contributed by atoms with Crippen molar-refractivity contribution in [3.8, 4) is 0 Å². The van der Waals surface area contributed by atoms with Crippen LogP contribution in [0.5, 0.6) is 0 Å². The van der Waals surface area contributed by atoms with Gasteiger partial charge in [0.2, 0.25) is 0 Å². The first-order valence-electron chi connectivity index (χ1n) is 8.28. The van der Waals surface area contributed by atoms with Crippen LogP contribution >= 0.6 is 0 Å². The minimum absolute atomic E-state index is 0.00261. The molecule has 0 N–H and O–H groups in total. The maximum absolute atomic E-state index is 10.9. The molecule has 1 aliphatic rings. The number of nitro benzene ring substituents is 2. The number of rotatable bonds is 5. The SMILES string of the molecule is CC(C)N1N=NC(c2ccc([N+](=O)[O-])cc2)=CC1c1ccc([N+](=O)[O-])cc1. The van der Waals surface area contributed by atoms with Crippen molar-refractivity contribution in [1.29, 1.82) is 0 Å². The Hall–Kier alpha value is -3.62. The molecule has 27 heavy (non-hydrogen) atoms. The Kier molecular flexibility index (Phi) is 4.93. The van der Waals surface area contributed by atoms with E-state index >= 15 is 0 Å². The van der Waals surface area contributed by atoms with Crippen LogP contribution in [0.3, 0.4) is 0 Å². The van der Waals surface area contributed by atoms with E-state index in [0.717, 1.165) is 5.56 Å². The Morgan fingerprint density at radius 1 is 0.926 bits per heavy atom. The van der Waals surface area contributed by atoms with E-state index in [2.05, 4.69) is 10.3 Å².